The third-order valence-electron chi connectivity index (χ3n) is 0.988. The van der Waals surface area contributed by atoms with E-state index in [0.717, 1.165) is 0 Å². The first-order valence-electron chi connectivity index (χ1n) is 2.47. The van der Waals surface area contributed by atoms with Crippen LogP contribution >= 0.6 is 0 Å². The van der Waals surface area contributed by atoms with Gasteiger partial charge in [-0.15, -0.1) is 0 Å². The largest absolute Gasteiger partial charge is 0.468 e. The van der Waals surface area contributed by atoms with Gasteiger partial charge in [0.1, 0.15) is 6.04 Å². The summed E-state index contributed by atoms with van der Waals surface area (Å²) in [5.41, 5.74) is 0. The third kappa shape index (κ3) is 1.93. The number of likely N-dealkylation sites (N-methyl/N-ethyl adjacent to an activating group) is 1. The van der Waals surface area contributed by atoms with Crippen molar-refractivity contribution in [3.8, 4) is 0 Å². The van der Waals surface area contributed by atoms with Crippen LogP contribution in [0.4, 0.5) is 0 Å². The first kappa shape index (κ1) is 7.43. The molecule has 1 N–H and O–H groups in total. The number of carbonyl (C=O) groups excluding carboxylic acids is 1. The van der Waals surface area contributed by atoms with E-state index in [-0.39, 0.29) is 13.4 Å². The maximum Gasteiger partial charge on any atom is 0.322 e. The first-order valence-corrected chi connectivity index (χ1v) is 2.47. The molecule has 0 aliphatic heterocycles. The lowest BCUT2D eigenvalue weighted by Crippen LogP contribution is -2.31. The molecule has 50 valence electrons. The SMILES string of the molecule is CN[C@H](C)C(=O)OC.[HH]. The lowest BCUT2D eigenvalue weighted by atomic mass is 10.4. The minimum absolute atomic E-state index is 0. The minimum atomic E-state index is -0.229. The van der Waals surface area contributed by atoms with Gasteiger partial charge in [-0.3, -0.25) is 4.79 Å². The molecule has 8 heavy (non-hydrogen) atoms. The van der Waals surface area contributed by atoms with Crippen molar-refractivity contribution < 1.29 is 11.0 Å². The predicted molar refractivity (Wildman–Crippen MR) is 32.7 cm³/mol. The highest BCUT2D eigenvalue weighted by atomic mass is 16.5. The number of rotatable bonds is 2. The van der Waals surface area contributed by atoms with Crippen LogP contribution in [0.25, 0.3) is 0 Å². The molecule has 0 fully saturated rings. The van der Waals surface area contributed by atoms with E-state index in [0.29, 0.717) is 0 Å². The summed E-state index contributed by atoms with van der Waals surface area (Å²) in [5, 5.41) is 2.74. The molecule has 0 aliphatic rings. The third-order valence-corrected chi connectivity index (χ3v) is 0.988. The van der Waals surface area contributed by atoms with Crippen LogP contribution in [-0.4, -0.2) is 26.2 Å². The molecule has 0 aromatic carbocycles. The molecule has 1 atom stereocenters. The van der Waals surface area contributed by atoms with Gasteiger partial charge < -0.3 is 10.1 Å². The Morgan fingerprint density at radius 3 is 2.50 bits per heavy atom. The van der Waals surface area contributed by atoms with Crippen molar-refractivity contribution in [1.82, 2.24) is 5.32 Å². The average Bonchev–Trinajstić information content (AvgIpc) is 1.84. The zero-order valence-corrected chi connectivity index (χ0v) is 5.39. The summed E-state index contributed by atoms with van der Waals surface area (Å²) in [5.74, 6) is -0.229. The summed E-state index contributed by atoms with van der Waals surface area (Å²) in [6.45, 7) is 1.74. The van der Waals surface area contributed by atoms with Crippen molar-refractivity contribution >= 4 is 5.97 Å². The van der Waals surface area contributed by atoms with Crippen LogP contribution in [0, 0.1) is 0 Å². The lowest BCUT2D eigenvalue weighted by molar-refractivity contribution is -0.142. The number of esters is 1. The number of carbonyl (C=O) groups is 1. The van der Waals surface area contributed by atoms with Gasteiger partial charge in [-0.25, -0.2) is 0 Å². The molecule has 0 aromatic heterocycles. The Hall–Kier alpha value is -0.570. The maximum atomic E-state index is 10.5. The summed E-state index contributed by atoms with van der Waals surface area (Å²) in [7, 11) is 3.08. The van der Waals surface area contributed by atoms with Crippen LogP contribution < -0.4 is 5.32 Å². The number of hydrogen-bond donors (Lipinski definition) is 1. The quantitative estimate of drug-likeness (QED) is 0.520. The molecule has 0 spiro atoms. The monoisotopic (exact) mass is 119 g/mol. The molecule has 0 aromatic rings. The van der Waals surface area contributed by atoms with E-state index in [1.165, 1.54) is 7.11 Å². The standard InChI is InChI=1S/C5H11NO2.H2/c1-4(6-2)5(7)8-3;/h4,6H,1-3H3;1H/t4-;/m1./s1. The highest BCUT2D eigenvalue weighted by Gasteiger charge is 2.07. The molecule has 0 bridgehead atoms. The predicted octanol–water partition coefficient (Wildman–Crippen LogP) is 0.0133. The molecule has 0 saturated carbocycles. The van der Waals surface area contributed by atoms with Crippen LogP contribution in [0.15, 0.2) is 0 Å². The number of ether oxygens (including phenoxy) is 1. The molecule has 0 heterocycles. The smallest absolute Gasteiger partial charge is 0.322 e. The molecule has 0 radical (unpaired) electrons. The van der Waals surface area contributed by atoms with Crippen molar-refractivity contribution in [2.75, 3.05) is 14.2 Å². The van der Waals surface area contributed by atoms with E-state index in [4.69, 9.17) is 0 Å². The Balaban J connectivity index is 0. The Labute approximate surface area is 50.5 Å². The van der Waals surface area contributed by atoms with Gasteiger partial charge in [-0.2, -0.15) is 0 Å². The summed E-state index contributed by atoms with van der Waals surface area (Å²) in [6, 6.07) is -0.194. The molecule has 0 amide bonds. The molecule has 3 heteroatoms. The zero-order valence-electron chi connectivity index (χ0n) is 5.39. The van der Waals surface area contributed by atoms with Crippen molar-refractivity contribution in [2.24, 2.45) is 0 Å². The molecule has 0 rings (SSSR count). The van der Waals surface area contributed by atoms with Crippen molar-refractivity contribution in [2.45, 2.75) is 13.0 Å². The van der Waals surface area contributed by atoms with Gasteiger partial charge in [-0.05, 0) is 14.0 Å². The number of methoxy groups -OCH3 is 1. The van der Waals surface area contributed by atoms with Gasteiger partial charge in [0, 0.05) is 1.43 Å². The van der Waals surface area contributed by atoms with Crippen molar-refractivity contribution in [3.63, 3.8) is 0 Å². The normalized spacial score (nSPS) is 12.9. The second-order valence-electron chi connectivity index (χ2n) is 1.53. The van der Waals surface area contributed by atoms with E-state index < -0.39 is 0 Å². The fourth-order valence-corrected chi connectivity index (χ4v) is 0.295. The van der Waals surface area contributed by atoms with Gasteiger partial charge in [0.2, 0.25) is 0 Å². The lowest BCUT2D eigenvalue weighted by Gasteiger charge is -2.04. The van der Waals surface area contributed by atoms with Crippen LogP contribution in [0.2, 0.25) is 0 Å². The topological polar surface area (TPSA) is 38.3 Å². The summed E-state index contributed by atoms with van der Waals surface area (Å²) < 4.78 is 4.40. The first-order chi connectivity index (χ1) is 3.72. The Morgan fingerprint density at radius 2 is 2.38 bits per heavy atom. The summed E-state index contributed by atoms with van der Waals surface area (Å²) >= 11 is 0. The second-order valence-corrected chi connectivity index (χ2v) is 1.53. The number of hydrogen-bond acceptors (Lipinski definition) is 3. The van der Waals surface area contributed by atoms with Gasteiger partial charge in [0.25, 0.3) is 0 Å². The molecule has 0 unspecified atom stereocenters. The van der Waals surface area contributed by atoms with Crippen LogP contribution in [0.1, 0.15) is 8.35 Å². The van der Waals surface area contributed by atoms with Crippen LogP contribution in [-0.2, 0) is 9.53 Å². The average molecular weight is 119 g/mol. The second kappa shape index (κ2) is 3.43. The van der Waals surface area contributed by atoms with Crippen molar-refractivity contribution in [1.29, 1.82) is 0 Å². The Morgan fingerprint density at radius 1 is 1.88 bits per heavy atom. The fraction of sp³-hybridized carbons (Fsp3) is 0.800. The Bertz CT molecular complexity index is 87.0. The van der Waals surface area contributed by atoms with E-state index in [2.05, 4.69) is 10.1 Å². The van der Waals surface area contributed by atoms with E-state index in [1.807, 2.05) is 0 Å². The van der Waals surface area contributed by atoms with Crippen LogP contribution in [0.3, 0.4) is 0 Å². The molecule has 3 nitrogen and oxygen atoms in total. The van der Waals surface area contributed by atoms with E-state index in [9.17, 15) is 4.79 Å². The van der Waals surface area contributed by atoms with Crippen molar-refractivity contribution in [3.05, 3.63) is 0 Å². The highest BCUT2D eigenvalue weighted by Crippen LogP contribution is 1.81. The van der Waals surface area contributed by atoms with Gasteiger partial charge in [0.05, 0.1) is 7.11 Å². The molecular weight excluding hydrogens is 106 g/mol. The van der Waals surface area contributed by atoms with Crippen LogP contribution in [0.5, 0.6) is 0 Å². The Kier molecular flexibility index (Phi) is 3.19. The minimum Gasteiger partial charge on any atom is -0.468 e. The van der Waals surface area contributed by atoms with Gasteiger partial charge in [0.15, 0.2) is 0 Å². The molecule has 0 aliphatic carbocycles. The fourth-order valence-electron chi connectivity index (χ4n) is 0.295. The van der Waals surface area contributed by atoms with E-state index in [1.54, 1.807) is 14.0 Å². The zero-order chi connectivity index (χ0) is 6.57. The maximum absolute atomic E-state index is 10.5. The highest BCUT2D eigenvalue weighted by molar-refractivity contribution is 5.74. The molecule has 0 saturated heterocycles. The van der Waals surface area contributed by atoms with Gasteiger partial charge >= 0.3 is 5.97 Å². The molecular formula is C5H13NO2. The summed E-state index contributed by atoms with van der Waals surface area (Å²) in [6.07, 6.45) is 0. The number of nitrogens with one attached hydrogen (secondary N) is 1. The summed E-state index contributed by atoms with van der Waals surface area (Å²) in [4.78, 5) is 10.5. The van der Waals surface area contributed by atoms with Gasteiger partial charge in [-0.1, -0.05) is 0 Å². The van der Waals surface area contributed by atoms with E-state index >= 15 is 0 Å².